The van der Waals surface area contributed by atoms with Gasteiger partial charge in [-0.2, -0.15) is 0 Å². The maximum Gasteiger partial charge on any atom is 0.339 e. The summed E-state index contributed by atoms with van der Waals surface area (Å²) in [5.41, 5.74) is 1.29. The van der Waals surface area contributed by atoms with E-state index >= 15 is 0 Å². The van der Waals surface area contributed by atoms with Gasteiger partial charge in [0.1, 0.15) is 0 Å². The Balaban J connectivity index is 1.84. The Morgan fingerprint density at radius 1 is 1.56 bits per heavy atom. The van der Waals surface area contributed by atoms with E-state index in [4.69, 9.17) is 4.74 Å². The van der Waals surface area contributed by atoms with Gasteiger partial charge >= 0.3 is 5.97 Å². The topological polar surface area (TPSA) is 60.5 Å². The minimum absolute atomic E-state index is 0.265. The van der Waals surface area contributed by atoms with Crippen LogP contribution in [0.2, 0.25) is 0 Å². The van der Waals surface area contributed by atoms with E-state index in [0.29, 0.717) is 12.2 Å². The average Bonchev–Trinajstić information content (AvgIpc) is 2.46. The molecule has 2 heterocycles. The van der Waals surface area contributed by atoms with Gasteiger partial charge in [-0.15, -0.1) is 0 Å². The normalized spacial score (nSPS) is 19.5. The number of esters is 1. The number of carbonyl (C=O) groups is 1. The van der Waals surface area contributed by atoms with Crippen molar-refractivity contribution >= 4 is 5.97 Å². The molecule has 0 unspecified atom stereocenters. The molecule has 0 aromatic carbocycles. The summed E-state index contributed by atoms with van der Waals surface area (Å²) in [5, 5.41) is 3.30. The number of nitrogens with zero attached hydrogens (tertiary/aromatic N) is 1. The molecular formula is C13H18N2O3. The highest BCUT2D eigenvalue weighted by Gasteiger charge is 2.13. The van der Waals surface area contributed by atoms with E-state index < -0.39 is 0 Å². The first-order valence-corrected chi connectivity index (χ1v) is 6.15. The van der Waals surface area contributed by atoms with Crippen LogP contribution in [0.25, 0.3) is 0 Å². The standard InChI is InChI=1S/C13H18N2O3/c1-17-13(16)10-4-5-11(15-7-10)9-18-12-3-2-6-14-8-12/h4-5,7,12,14H,2-3,6,8-9H2,1H3/t12-/m0/s1. The van der Waals surface area contributed by atoms with Crippen LogP contribution in [-0.2, 0) is 16.1 Å². The molecule has 0 saturated carbocycles. The lowest BCUT2D eigenvalue weighted by Crippen LogP contribution is -2.35. The third-order valence-corrected chi connectivity index (χ3v) is 2.96. The molecule has 1 N–H and O–H groups in total. The molecule has 2 rings (SSSR count). The first kappa shape index (κ1) is 13.0. The van der Waals surface area contributed by atoms with Crippen molar-refractivity contribution in [1.29, 1.82) is 0 Å². The lowest BCUT2D eigenvalue weighted by Gasteiger charge is -2.22. The zero-order chi connectivity index (χ0) is 12.8. The molecule has 5 nitrogen and oxygen atoms in total. The van der Waals surface area contributed by atoms with Crippen LogP contribution in [0.4, 0.5) is 0 Å². The Bertz CT molecular complexity index is 386. The van der Waals surface area contributed by atoms with Crippen LogP contribution in [0.3, 0.4) is 0 Å². The van der Waals surface area contributed by atoms with E-state index in [1.165, 1.54) is 13.3 Å². The van der Waals surface area contributed by atoms with Crippen molar-refractivity contribution in [3.63, 3.8) is 0 Å². The highest BCUT2D eigenvalue weighted by molar-refractivity contribution is 5.88. The molecule has 0 radical (unpaired) electrons. The highest BCUT2D eigenvalue weighted by atomic mass is 16.5. The lowest BCUT2D eigenvalue weighted by molar-refractivity contribution is 0.0236. The van der Waals surface area contributed by atoms with E-state index in [1.54, 1.807) is 12.1 Å². The molecule has 0 aliphatic carbocycles. The second-order valence-electron chi connectivity index (χ2n) is 4.31. The van der Waals surface area contributed by atoms with Gasteiger partial charge in [-0.05, 0) is 31.5 Å². The van der Waals surface area contributed by atoms with Gasteiger partial charge in [0.2, 0.25) is 0 Å². The van der Waals surface area contributed by atoms with Gasteiger partial charge in [0.25, 0.3) is 0 Å². The zero-order valence-electron chi connectivity index (χ0n) is 10.5. The number of rotatable bonds is 4. The summed E-state index contributed by atoms with van der Waals surface area (Å²) in [7, 11) is 1.36. The maximum atomic E-state index is 11.2. The number of ether oxygens (including phenoxy) is 2. The van der Waals surface area contributed by atoms with E-state index in [9.17, 15) is 4.79 Å². The van der Waals surface area contributed by atoms with Crippen molar-refractivity contribution in [2.45, 2.75) is 25.6 Å². The summed E-state index contributed by atoms with van der Waals surface area (Å²) in [6, 6.07) is 3.50. The van der Waals surface area contributed by atoms with Gasteiger partial charge in [-0.3, -0.25) is 4.98 Å². The van der Waals surface area contributed by atoms with Crippen molar-refractivity contribution in [1.82, 2.24) is 10.3 Å². The molecule has 1 aliphatic heterocycles. The molecule has 1 fully saturated rings. The number of carbonyl (C=O) groups excluding carboxylic acids is 1. The monoisotopic (exact) mass is 250 g/mol. The SMILES string of the molecule is COC(=O)c1ccc(CO[C@H]2CCCNC2)nc1. The molecular weight excluding hydrogens is 232 g/mol. The summed E-state index contributed by atoms with van der Waals surface area (Å²) in [5.74, 6) is -0.369. The summed E-state index contributed by atoms with van der Waals surface area (Å²) < 4.78 is 10.4. The number of piperidine rings is 1. The Morgan fingerprint density at radius 3 is 3.06 bits per heavy atom. The van der Waals surface area contributed by atoms with Crippen molar-refractivity contribution in [2.24, 2.45) is 0 Å². The number of aromatic nitrogens is 1. The molecule has 1 saturated heterocycles. The van der Waals surface area contributed by atoms with Crippen LogP contribution in [0.5, 0.6) is 0 Å². The molecule has 1 aromatic heterocycles. The van der Waals surface area contributed by atoms with E-state index in [-0.39, 0.29) is 12.1 Å². The maximum absolute atomic E-state index is 11.2. The smallest absolute Gasteiger partial charge is 0.339 e. The lowest BCUT2D eigenvalue weighted by atomic mass is 10.1. The first-order chi connectivity index (χ1) is 8.79. The zero-order valence-corrected chi connectivity index (χ0v) is 10.5. The third-order valence-electron chi connectivity index (χ3n) is 2.96. The van der Waals surface area contributed by atoms with Gasteiger partial charge < -0.3 is 14.8 Å². The fraction of sp³-hybridized carbons (Fsp3) is 0.538. The summed E-state index contributed by atoms with van der Waals surface area (Å²) >= 11 is 0. The second kappa shape index (κ2) is 6.47. The van der Waals surface area contributed by atoms with Crippen molar-refractivity contribution in [2.75, 3.05) is 20.2 Å². The Hall–Kier alpha value is -1.46. The van der Waals surface area contributed by atoms with Crippen LogP contribution >= 0.6 is 0 Å². The molecule has 1 aromatic rings. The Morgan fingerprint density at radius 2 is 2.44 bits per heavy atom. The van der Waals surface area contributed by atoms with Crippen LogP contribution in [0.15, 0.2) is 18.3 Å². The molecule has 5 heteroatoms. The predicted octanol–water partition coefficient (Wildman–Crippen LogP) is 1.14. The molecule has 1 atom stereocenters. The van der Waals surface area contributed by atoms with Crippen LogP contribution in [0, 0.1) is 0 Å². The number of nitrogens with one attached hydrogen (secondary N) is 1. The fourth-order valence-electron chi connectivity index (χ4n) is 1.91. The van der Waals surface area contributed by atoms with Crippen molar-refractivity contribution in [3.8, 4) is 0 Å². The fourth-order valence-corrected chi connectivity index (χ4v) is 1.91. The molecule has 98 valence electrons. The van der Waals surface area contributed by atoms with E-state index in [2.05, 4.69) is 15.0 Å². The van der Waals surface area contributed by atoms with Gasteiger partial charge in [0.15, 0.2) is 0 Å². The van der Waals surface area contributed by atoms with Gasteiger partial charge in [0, 0.05) is 12.7 Å². The number of hydrogen-bond donors (Lipinski definition) is 1. The highest BCUT2D eigenvalue weighted by Crippen LogP contribution is 2.09. The minimum atomic E-state index is -0.369. The second-order valence-corrected chi connectivity index (χ2v) is 4.31. The summed E-state index contributed by atoms with van der Waals surface area (Å²) in [6.45, 7) is 2.46. The summed E-state index contributed by atoms with van der Waals surface area (Å²) in [6.07, 6.45) is 4.02. The van der Waals surface area contributed by atoms with Gasteiger partial charge in [0.05, 0.1) is 31.1 Å². The number of hydrogen-bond acceptors (Lipinski definition) is 5. The van der Waals surface area contributed by atoms with Crippen LogP contribution in [-0.4, -0.2) is 37.3 Å². The van der Waals surface area contributed by atoms with Gasteiger partial charge in [-0.1, -0.05) is 0 Å². The number of methoxy groups -OCH3 is 1. The molecule has 0 spiro atoms. The van der Waals surface area contributed by atoms with Crippen molar-refractivity contribution < 1.29 is 14.3 Å². The molecule has 0 amide bonds. The first-order valence-electron chi connectivity index (χ1n) is 6.15. The van der Waals surface area contributed by atoms with Crippen LogP contribution in [0.1, 0.15) is 28.9 Å². The van der Waals surface area contributed by atoms with E-state index in [1.807, 2.05) is 0 Å². The molecule has 0 bridgehead atoms. The third kappa shape index (κ3) is 3.51. The number of pyridine rings is 1. The Kier molecular flexibility index (Phi) is 4.66. The quantitative estimate of drug-likeness (QED) is 0.812. The van der Waals surface area contributed by atoms with E-state index in [0.717, 1.165) is 31.6 Å². The minimum Gasteiger partial charge on any atom is -0.465 e. The average molecular weight is 250 g/mol. The largest absolute Gasteiger partial charge is 0.465 e. The predicted molar refractivity (Wildman–Crippen MR) is 66.3 cm³/mol. The van der Waals surface area contributed by atoms with Crippen molar-refractivity contribution in [3.05, 3.63) is 29.6 Å². The Labute approximate surface area is 107 Å². The molecule has 18 heavy (non-hydrogen) atoms. The van der Waals surface area contributed by atoms with Crippen LogP contribution < -0.4 is 5.32 Å². The summed E-state index contributed by atoms with van der Waals surface area (Å²) in [4.78, 5) is 15.4. The molecule has 1 aliphatic rings. The van der Waals surface area contributed by atoms with Gasteiger partial charge in [-0.25, -0.2) is 4.79 Å².